The number of halogens is 2. The Morgan fingerprint density at radius 1 is 0.634 bits per heavy atom. The third-order valence-electron chi connectivity index (χ3n) is 4.96. The third kappa shape index (κ3) is 15.0. The smallest absolute Gasteiger partial charge is 0.328 e. The Kier molecular flexibility index (Phi) is 16.7. The summed E-state index contributed by atoms with van der Waals surface area (Å²) in [6.45, 7) is -2.93. The molecule has 0 spiro atoms. The molecule has 4 nitrogen and oxygen atoms in total. The number of benzene rings is 4. The van der Waals surface area contributed by atoms with Crippen molar-refractivity contribution in [2.45, 2.75) is 11.5 Å². The van der Waals surface area contributed by atoms with Gasteiger partial charge in [0.15, 0.2) is 0 Å². The lowest BCUT2D eigenvalue weighted by Gasteiger charge is -2.10. The maximum Gasteiger partial charge on any atom is 0.328 e. The molecule has 0 radical (unpaired) electrons. The van der Waals surface area contributed by atoms with E-state index < -0.39 is 17.7 Å². The SMILES string of the molecule is O=C(Cl)/C=C\SCc1ccccc1.O=C(O)/C=C\SCc1ccccc1.O=P(Cl)(c1ccccc1)c1ccccc1. The average Bonchev–Trinajstić information content (AvgIpc) is 3.00. The van der Waals surface area contributed by atoms with Gasteiger partial charge in [-0.2, -0.15) is 0 Å². The topological polar surface area (TPSA) is 71.4 Å². The molecule has 0 aliphatic rings. The summed E-state index contributed by atoms with van der Waals surface area (Å²) in [6.07, 6.45) is 2.50. The van der Waals surface area contributed by atoms with E-state index in [0.717, 1.165) is 17.6 Å². The molecule has 0 atom stereocenters. The molecule has 0 saturated carbocycles. The van der Waals surface area contributed by atoms with Crippen LogP contribution in [0.2, 0.25) is 0 Å². The van der Waals surface area contributed by atoms with E-state index >= 15 is 0 Å². The van der Waals surface area contributed by atoms with E-state index in [4.69, 9.17) is 27.9 Å². The van der Waals surface area contributed by atoms with Gasteiger partial charge in [-0.15, -0.1) is 23.5 Å². The van der Waals surface area contributed by atoms with Gasteiger partial charge in [0, 0.05) is 34.3 Å². The van der Waals surface area contributed by atoms with Crippen molar-refractivity contribution in [3.8, 4) is 0 Å². The minimum absolute atomic E-state index is 0.430. The van der Waals surface area contributed by atoms with Gasteiger partial charge in [0.25, 0.3) is 0 Å². The van der Waals surface area contributed by atoms with E-state index in [1.165, 1.54) is 29.0 Å². The molecule has 0 aliphatic carbocycles. The molecule has 1 N–H and O–H groups in total. The fraction of sp³-hybridized carbons (Fsp3) is 0.0625. The highest BCUT2D eigenvalue weighted by Crippen LogP contribution is 2.48. The minimum atomic E-state index is -2.93. The first-order valence-electron chi connectivity index (χ1n) is 12.3. The summed E-state index contributed by atoms with van der Waals surface area (Å²) in [4.78, 5) is 20.4. The first-order chi connectivity index (χ1) is 19.8. The van der Waals surface area contributed by atoms with Crippen LogP contribution >= 0.6 is 52.9 Å². The van der Waals surface area contributed by atoms with E-state index in [1.807, 2.05) is 97.1 Å². The average molecular weight is 644 g/mol. The minimum Gasteiger partial charge on any atom is -0.478 e. The second-order valence-electron chi connectivity index (χ2n) is 8.04. The highest BCUT2D eigenvalue weighted by molar-refractivity contribution is 8.01. The highest BCUT2D eigenvalue weighted by Gasteiger charge is 2.23. The van der Waals surface area contributed by atoms with Crippen molar-refractivity contribution in [1.29, 1.82) is 0 Å². The molecular weight excluding hydrogens is 614 g/mol. The molecule has 0 fully saturated rings. The lowest BCUT2D eigenvalue weighted by atomic mass is 10.2. The zero-order valence-electron chi connectivity index (χ0n) is 22.0. The van der Waals surface area contributed by atoms with Crippen LogP contribution in [-0.2, 0) is 25.7 Å². The zero-order valence-corrected chi connectivity index (χ0v) is 26.0. The van der Waals surface area contributed by atoms with Crippen molar-refractivity contribution in [1.82, 2.24) is 0 Å². The summed E-state index contributed by atoms with van der Waals surface area (Å²) in [5.74, 6) is 0.770. The van der Waals surface area contributed by atoms with Gasteiger partial charge in [0.2, 0.25) is 11.7 Å². The van der Waals surface area contributed by atoms with Crippen molar-refractivity contribution in [2.75, 3.05) is 0 Å². The molecule has 0 bridgehead atoms. The summed E-state index contributed by atoms with van der Waals surface area (Å²) in [7, 11) is 0. The number of hydrogen-bond donors (Lipinski definition) is 1. The fourth-order valence-electron chi connectivity index (χ4n) is 3.03. The maximum atomic E-state index is 12.4. The van der Waals surface area contributed by atoms with Crippen LogP contribution in [0, 0.1) is 0 Å². The first-order valence-corrected chi connectivity index (χ1v) is 17.3. The second kappa shape index (κ2) is 20.0. The maximum absolute atomic E-state index is 12.4. The molecule has 0 unspecified atom stereocenters. The first kappa shape index (κ1) is 34.2. The quantitative estimate of drug-likeness (QED) is 0.106. The summed E-state index contributed by atoms with van der Waals surface area (Å²) in [5.41, 5.74) is 2.43. The van der Waals surface area contributed by atoms with Crippen LogP contribution < -0.4 is 10.6 Å². The Morgan fingerprint density at radius 3 is 1.32 bits per heavy atom. The van der Waals surface area contributed by atoms with Crippen LogP contribution in [0.3, 0.4) is 0 Å². The van der Waals surface area contributed by atoms with Crippen LogP contribution in [-0.4, -0.2) is 16.3 Å². The summed E-state index contributed by atoms with van der Waals surface area (Å²) in [5, 5.41) is 12.5. The van der Waals surface area contributed by atoms with Gasteiger partial charge in [0.05, 0.1) is 0 Å². The standard InChI is InChI=1S/C12H10ClOP.C10H9ClOS.C10H10O2S/c13-15(14,11-7-3-1-4-8-11)12-9-5-2-6-10-12;2*11-10(12)6-7-13-8-9-4-2-1-3-5-9/h1-10H;1-7H,8H2;1-7H,8H2,(H,11,12)/b;2*7-6-. The van der Waals surface area contributed by atoms with E-state index in [1.54, 1.807) is 46.8 Å². The summed E-state index contributed by atoms with van der Waals surface area (Å²) in [6, 6.07) is 38.3. The number of thioether (sulfide) groups is 2. The number of carboxylic acids is 1. The predicted octanol–water partition coefficient (Wildman–Crippen LogP) is 8.87. The van der Waals surface area contributed by atoms with Crippen LogP contribution in [0.4, 0.5) is 0 Å². The number of carbonyl (C=O) groups excluding carboxylic acids is 1. The van der Waals surface area contributed by atoms with Gasteiger partial charge in [-0.25, -0.2) is 4.79 Å². The Balaban J connectivity index is 0.000000216. The Hall–Kier alpha value is -2.99. The van der Waals surface area contributed by atoms with Gasteiger partial charge < -0.3 is 5.11 Å². The number of rotatable bonds is 10. The zero-order chi connectivity index (χ0) is 29.8. The van der Waals surface area contributed by atoms with Crippen molar-refractivity contribution >= 4 is 74.7 Å². The molecule has 4 rings (SSSR count). The lowest BCUT2D eigenvalue weighted by Crippen LogP contribution is -2.11. The molecule has 0 amide bonds. The van der Waals surface area contributed by atoms with Gasteiger partial charge in [-0.3, -0.25) is 9.36 Å². The molecule has 0 saturated heterocycles. The number of allylic oxidation sites excluding steroid dienone is 1. The van der Waals surface area contributed by atoms with Crippen LogP contribution in [0.1, 0.15) is 11.1 Å². The van der Waals surface area contributed by atoms with Gasteiger partial charge in [0.1, 0.15) is 0 Å². The van der Waals surface area contributed by atoms with Gasteiger partial charge in [-0.1, -0.05) is 121 Å². The van der Waals surface area contributed by atoms with Crippen molar-refractivity contribution in [3.05, 3.63) is 155 Å². The number of carboxylic acid groups (broad SMARTS) is 1. The summed E-state index contributed by atoms with van der Waals surface area (Å²) < 4.78 is 12.4. The van der Waals surface area contributed by atoms with Crippen molar-refractivity contribution in [2.24, 2.45) is 0 Å². The van der Waals surface area contributed by atoms with Crippen LogP contribution in [0.15, 0.2) is 144 Å². The number of hydrogen-bond acceptors (Lipinski definition) is 5. The molecule has 212 valence electrons. The van der Waals surface area contributed by atoms with E-state index in [2.05, 4.69) is 0 Å². The molecule has 41 heavy (non-hydrogen) atoms. The van der Waals surface area contributed by atoms with Crippen LogP contribution in [0.5, 0.6) is 0 Å². The van der Waals surface area contributed by atoms with E-state index in [0.29, 0.717) is 10.6 Å². The van der Waals surface area contributed by atoms with Crippen molar-refractivity contribution in [3.63, 3.8) is 0 Å². The molecule has 0 heterocycles. The van der Waals surface area contributed by atoms with E-state index in [-0.39, 0.29) is 0 Å². The molecule has 9 heteroatoms. The van der Waals surface area contributed by atoms with Gasteiger partial charge >= 0.3 is 5.97 Å². The third-order valence-corrected chi connectivity index (χ3v) is 9.84. The number of carbonyl (C=O) groups is 2. The van der Waals surface area contributed by atoms with Crippen LogP contribution in [0.25, 0.3) is 0 Å². The van der Waals surface area contributed by atoms with Crippen molar-refractivity contribution < 1.29 is 19.3 Å². The molecule has 4 aromatic carbocycles. The molecule has 4 aromatic rings. The second-order valence-corrected chi connectivity index (χ2v) is 13.7. The largest absolute Gasteiger partial charge is 0.478 e. The monoisotopic (exact) mass is 642 g/mol. The number of aliphatic carboxylic acids is 1. The Labute approximate surface area is 259 Å². The highest BCUT2D eigenvalue weighted by atomic mass is 35.7. The van der Waals surface area contributed by atoms with Gasteiger partial charge in [-0.05, 0) is 44.8 Å². The predicted molar refractivity (Wildman–Crippen MR) is 178 cm³/mol. The lowest BCUT2D eigenvalue weighted by molar-refractivity contribution is -0.131. The normalized spacial score (nSPS) is 10.8. The Morgan fingerprint density at radius 2 is 0.976 bits per heavy atom. The molecule has 0 aromatic heterocycles. The molecular formula is C32H29Cl2O4PS2. The van der Waals surface area contributed by atoms with E-state index in [9.17, 15) is 14.2 Å². The summed E-state index contributed by atoms with van der Waals surface area (Å²) >= 11 is 14.3. The fourth-order valence-corrected chi connectivity index (χ4v) is 6.65. The Bertz CT molecular complexity index is 1310. The molecule has 0 aliphatic heterocycles.